The Morgan fingerprint density at radius 3 is 2.42 bits per heavy atom. The van der Waals surface area contributed by atoms with Crippen LogP contribution in [0.1, 0.15) is 41.8 Å². The van der Waals surface area contributed by atoms with E-state index >= 15 is 0 Å². The second-order valence-corrected chi connectivity index (χ2v) is 8.63. The third-order valence-corrected chi connectivity index (χ3v) is 5.64. The summed E-state index contributed by atoms with van der Waals surface area (Å²) in [5.41, 5.74) is 3.20. The SMILES string of the molecule is Cc1ccc(NC(=O)c2cccc(S(=O)(=O)NCCC(C)C)c2)cc1C. The van der Waals surface area contributed by atoms with Gasteiger partial charge in [-0.15, -0.1) is 0 Å². The largest absolute Gasteiger partial charge is 0.322 e. The highest BCUT2D eigenvalue weighted by atomic mass is 32.2. The Morgan fingerprint density at radius 1 is 1.04 bits per heavy atom. The van der Waals surface area contributed by atoms with E-state index in [0.29, 0.717) is 23.7 Å². The van der Waals surface area contributed by atoms with Gasteiger partial charge in [-0.25, -0.2) is 13.1 Å². The van der Waals surface area contributed by atoms with E-state index in [-0.39, 0.29) is 10.8 Å². The Hall–Kier alpha value is -2.18. The first-order chi connectivity index (χ1) is 12.2. The number of anilines is 1. The van der Waals surface area contributed by atoms with Crippen LogP contribution in [0.25, 0.3) is 0 Å². The molecule has 0 saturated heterocycles. The molecule has 2 N–H and O–H groups in total. The van der Waals surface area contributed by atoms with Crippen molar-refractivity contribution in [2.24, 2.45) is 5.92 Å². The average molecular weight is 375 g/mol. The van der Waals surface area contributed by atoms with Crippen LogP contribution in [0.3, 0.4) is 0 Å². The minimum Gasteiger partial charge on any atom is -0.322 e. The number of amides is 1. The molecule has 6 heteroatoms. The maximum absolute atomic E-state index is 12.5. The van der Waals surface area contributed by atoms with Crippen molar-refractivity contribution < 1.29 is 13.2 Å². The Kier molecular flexibility index (Phi) is 6.56. The van der Waals surface area contributed by atoms with Crippen molar-refractivity contribution in [3.63, 3.8) is 0 Å². The molecule has 0 aliphatic heterocycles. The molecule has 140 valence electrons. The van der Waals surface area contributed by atoms with E-state index in [1.165, 1.54) is 12.1 Å². The lowest BCUT2D eigenvalue weighted by Crippen LogP contribution is -2.26. The van der Waals surface area contributed by atoms with Gasteiger partial charge in [-0.2, -0.15) is 0 Å². The summed E-state index contributed by atoms with van der Waals surface area (Å²) in [5, 5.41) is 2.81. The van der Waals surface area contributed by atoms with E-state index in [9.17, 15) is 13.2 Å². The molecule has 2 rings (SSSR count). The fourth-order valence-electron chi connectivity index (χ4n) is 2.39. The van der Waals surface area contributed by atoms with Crippen LogP contribution in [-0.2, 0) is 10.0 Å². The monoisotopic (exact) mass is 374 g/mol. The summed E-state index contributed by atoms with van der Waals surface area (Å²) in [5.74, 6) is 0.0697. The lowest BCUT2D eigenvalue weighted by atomic mass is 10.1. The number of rotatable bonds is 7. The van der Waals surface area contributed by atoms with Gasteiger partial charge in [0.05, 0.1) is 4.90 Å². The second-order valence-electron chi connectivity index (χ2n) is 6.86. The van der Waals surface area contributed by atoms with E-state index < -0.39 is 10.0 Å². The van der Waals surface area contributed by atoms with Gasteiger partial charge in [-0.05, 0) is 67.6 Å². The Labute approximate surface area is 155 Å². The average Bonchev–Trinajstić information content (AvgIpc) is 2.58. The molecule has 0 spiro atoms. The molecule has 26 heavy (non-hydrogen) atoms. The van der Waals surface area contributed by atoms with Crippen LogP contribution in [0, 0.1) is 19.8 Å². The maximum Gasteiger partial charge on any atom is 0.255 e. The molecular weight excluding hydrogens is 348 g/mol. The van der Waals surface area contributed by atoms with Gasteiger partial charge in [0.2, 0.25) is 10.0 Å². The van der Waals surface area contributed by atoms with Crippen molar-refractivity contribution in [3.8, 4) is 0 Å². The van der Waals surface area contributed by atoms with E-state index in [2.05, 4.69) is 10.0 Å². The summed E-state index contributed by atoms with van der Waals surface area (Å²) in [6, 6.07) is 11.7. The van der Waals surface area contributed by atoms with E-state index in [1.807, 2.05) is 45.9 Å². The fourth-order valence-corrected chi connectivity index (χ4v) is 3.49. The van der Waals surface area contributed by atoms with Crippen molar-refractivity contribution in [2.75, 3.05) is 11.9 Å². The minimum atomic E-state index is -3.63. The van der Waals surface area contributed by atoms with Gasteiger partial charge >= 0.3 is 0 Å². The lowest BCUT2D eigenvalue weighted by molar-refractivity contribution is 0.102. The highest BCUT2D eigenvalue weighted by molar-refractivity contribution is 7.89. The van der Waals surface area contributed by atoms with Crippen LogP contribution in [-0.4, -0.2) is 20.9 Å². The molecule has 0 heterocycles. The molecule has 0 fully saturated rings. The predicted octanol–water partition coefficient (Wildman–Crippen LogP) is 3.88. The third kappa shape index (κ3) is 5.41. The second kappa shape index (κ2) is 8.47. The van der Waals surface area contributed by atoms with Crippen molar-refractivity contribution in [3.05, 3.63) is 59.2 Å². The van der Waals surface area contributed by atoms with Gasteiger partial charge in [-0.3, -0.25) is 4.79 Å². The first-order valence-corrected chi connectivity index (χ1v) is 10.2. The minimum absolute atomic E-state index is 0.0917. The quantitative estimate of drug-likeness (QED) is 0.772. The predicted molar refractivity (Wildman–Crippen MR) is 105 cm³/mol. The van der Waals surface area contributed by atoms with Gasteiger partial charge in [-0.1, -0.05) is 26.0 Å². The normalized spacial score (nSPS) is 11.6. The van der Waals surface area contributed by atoms with E-state index in [1.54, 1.807) is 12.1 Å². The molecule has 0 unspecified atom stereocenters. The molecule has 0 aromatic heterocycles. The molecule has 0 radical (unpaired) electrons. The van der Waals surface area contributed by atoms with Crippen molar-refractivity contribution in [1.82, 2.24) is 4.72 Å². The molecular formula is C20H26N2O3S. The molecule has 0 atom stereocenters. The summed E-state index contributed by atoms with van der Waals surface area (Å²) < 4.78 is 27.3. The van der Waals surface area contributed by atoms with Gasteiger partial charge < -0.3 is 5.32 Å². The van der Waals surface area contributed by atoms with Gasteiger partial charge in [0.25, 0.3) is 5.91 Å². The summed E-state index contributed by atoms with van der Waals surface area (Å²) in [6.07, 6.45) is 0.756. The first kappa shape index (κ1) is 20.1. The number of carbonyl (C=O) groups excluding carboxylic acids is 1. The van der Waals surface area contributed by atoms with Crippen molar-refractivity contribution >= 4 is 21.6 Å². The van der Waals surface area contributed by atoms with Gasteiger partial charge in [0.1, 0.15) is 0 Å². The number of hydrogen-bond acceptors (Lipinski definition) is 3. The molecule has 0 saturated carbocycles. The summed E-state index contributed by atoms with van der Waals surface area (Å²) in [6.45, 7) is 8.42. The molecule has 5 nitrogen and oxygen atoms in total. The highest BCUT2D eigenvalue weighted by Crippen LogP contribution is 2.17. The van der Waals surface area contributed by atoms with Crippen LogP contribution >= 0.6 is 0 Å². The summed E-state index contributed by atoms with van der Waals surface area (Å²) in [7, 11) is -3.63. The Bertz CT molecular complexity index is 890. The first-order valence-electron chi connectivity index (χ1n) is 8.67. The Balaban J connectivity index is 2.14. The highest BCUT2D eigenvalue weighted by Gasteiger charge is 2.16. The van der Waals surface area contributed by atoms with E-state index in [4.69, 9.17) is 0 Å². The molecule has 0 bridgehead atoms. The number of hydrogen-bond donors (Lipinski definition) is 2. The van der Waals surface area contributed by atoms with Crippen LogP contribution in [0.2, 0.25) is 0 Å². The zero-order valence-corrected chi connectivity index (χ0v) is 16.5. The van der Waals surface area contributed by atoms with Crippen LogP contribution in [0.4, 0.5) is 5.69 Å². The number of benzene rings is 2. The number of aryl methyl sites for hydroxylation is 2. The molecule has 2 aromatic rings. The van der Waals surface area contributed by atoms with Crippen molar-refractivity contribution in [2.45, 2.75) is 39.0 Å². The zero-order chi connectivity index (χ0) is 19.3. The van der Waals surface area contributed by atoms with Crippen molar-refractivity contribution in [1.29, 1.82) is 0 Å². The molecule has 2 aromatic carbocycles. The fraction of sp³-hybridized carbons (Fsp3) is 0.350. The standard InChI is InChI=1S/C20H26N2O3S/c1-14(2)10-11-21-26(24,25)19-7-5-6-17(13-19)20(23)22-18-9-8-15(3)16(4)12-18/h5-9,12-14,21H,10-11H2,1-4H3,(H,22,23). The summed E-state index contributed by atoms with van der Waals surface area (Å²) in [4.78, 5) is 12.6. The third-order valence-electron chi connectivity index (χ3n) is 4.19. The zero-order valence-electron chi connectivity index (χ0n) is 15.7. The maximum atomic E-state index is 12.5. The molecule has 0 aliphatic rings. The van der Waals surface area contributed by atoms with Gasteiger partial charge in [0.15, 0.2) is 0 Å². The molecule has 1 amide bonds. The van der Waals surface area contributed by atoms with E-state index in [0.717, 1.165) is 17.5 Å². The number of sulfonamides is 1. The van der Waals surface area contributed by atoms with Crippen LogP contribution in [0.15, 0.2) is 47.4 Å². The Morgan fingerprint density at radius 2 is 1.77 bits per heavy atom. The topological polar surface area (TPSA) is 75.3 Å². The molecule has 0 aliphatic carbocycles. The lowest BCUT2D eigenvalue weighted by Gasteiger charge is -2.10. The van der Waals surface area contributed by atoms with Crippen LogP contribution < -0.4 is 10.0 Å². The number of carbonyl (C=O) groups is 1. The smallest absolute Gasteiger partial charge is 0.255 e. The number of nitrogens with one attached hydrogen (secondary N) is 2. The van der Waals surface area contributed by atoms with Gasteiger partial charge in [0, 0.05) is 17.8 Å². The van der Waals surface area contributed by atoms with Crippen LogP contribution in [0.5, 0.6) is 0 Å². The summed E-state index contributed by atoms with van der Waals surface area (Å²) >= 11 is 0.